The summed E-state index contributed by atoms with van der Waals surface area (Å²) < 4.78 is 5.27. The van der Waals surface area contributed by atoms with E-state index in [4.69, 9.17) is 4.52 Å². The van der Waals surface area contributed by atoms with Crippen LogP contribution in [0.1, 0.15) is 18.7 Å². The molecule has 0 radical (unpaired) electrons. The Labute approximate surface area is 139 Å². The molecule has 4 rings (SSSR count). The van der Waals surface area contributed by atoms with Gasteiger partial charge in [0.15, 0.2) is 0 Å². The number of rotatable bonds is 4. The second-order valence-electron chi connectivity index (χ2n) is 5.68. The van der Waals surface area contributed by atoms with E-state index in [-0.39, 0.29) is 18.3 Å². The molecule has 0 saturated carbocycles. The van der Waals surface area contributed by atoms with Gasteiger partial charge in [0, 0.05) is 37.7 Å². The summed E-state index contributed by atoms with van der Waals surface area (Å²) >= 11 is 0. The molecule has 122 valence electrons. The van der Waals surface area contributed by atoms with E-state index >= 15 is 0 Å². The molecule has 0 bridgehead atoms. The Kier molecular flexibility index (Phi) is 4.58. The van der Waals surface area contributed by atoms with Crippen molar-refractivity contribution in [3.63, 3.8) is 0 Å². The Morgan fingerprint density at radius 3 is 3.13 bits per heavy atom. The number of carbonyl (C=O) groups is 1. The highest BCUT2D eigenvalue weighted by Gasteiger charge is 2.42. The molecule has 1 amide bonds. The summed E-state index contributed by atoms with van der Waals surface area (Å²) in [5.74, 6) is 1.25. The van der Waals surface area contributed by atoms with Gasteiger partial charge in [-0.15, -0.1) is 12.4 Å². The maximum absolute atomic E-state index is 12.0. The Hall–Kier alpha value is -1.99. The predicted molar refractivity (Wildman–Crippen MR) is 85.0 cm³/mol. The number of halogens is 1. The van der Waals surface area contributed by atoms with E-state index in [0.29, 0.717) is 48.9 Å². The van der Waals surface area contributed by atoms with Crippen LogP contribution >= 0.6 is 12.4 Å². The summed E-state index contributed by atoms with van der Waals surface area (Å²) in [6, 6.07) is 6.21. The zero-order valence-electron chi connectivity index (χ0n) is 12.5. The number of nitrogens with one attached hydrogen (secondary N) is 1. The van der Waals surface area contributed by atoms with Crippen molar-refractivity contribution in [3.8, 4) is 11.5 Å². The smallest absolute Gasteiger partial charge is 0.228 e. The summed E-state index contributed by atoms with van der Waals surface area (Å²) in [5.41, 5.74) is 0.690. The molecule has 0 unspecified atom stereocenters. The number of carbonyl (C=O) groups excluding carboxylic acids is 1. The highest BCUT2D eigenvalue weighted by molar-refractivity contribution is 5.85. The van der Waals surface area contributed by atoms with Crippen molar-refractivity contribution in [3.05, 3.63) is 30.3 Å². The molecule has 2 aromatic rings. The van der Waals surface area contributed by atoms with Gasteiger partial charge in [-0.2, -0.15) is 4.98 Å². The second-order valence-corrected chi connectivity index (χ2v) is 5.68. The Morgan fingerprint density at radius 1 is 1.39 bits per heavy atom. The van der Waals surface area contributed by atoms with Gasteiger partial charge in [0.25, 0.3) is 0 Å². The average Bonchev–Trinajstić information content (AvgIpc) is 3.23. The van der Waals surface area contributed by atoms with Crippen LogP contribution in [0.4, 0.5) is 0 Å². The fourth-order valence-electron chi connectivity index (χ4n) is 3.29. The number of aromatic nitrogens is 3. The Morgan fingerprint density at radius 2 is 2.30 bits per heavy atom. The largest absolute Gasteiger partial charge is 0.339 e. The summed E-state index contributed by atoms with van der Waals surface area (Å²) in [6.07, 6.45) is 3.91. The van der Waals surface area contributed by atoms with Crippen molar-refractivity contribution in [1.29, 1.82) is 0 Å². The molecule has 2 aliphatic rings. The number of fused-ring (bicyclic) bond motifs is 1. The SMILES string of the molecule is Cl.O=C1C[C@H]2NCC[C@H]2N1CCc1nc(-c2ccccn2)no1. The molecule has 2 aliphatic heterocycles. The standard InChI is InChI=1S/C15H17N5O2.ClH/c21-14-9-11-12(4-7-17-11)20(14)8-5-13-18-15(19-22-13)10-3-1-2-6-16-10;/h1-3,6,11-12,17H,4-5,7-9H2;1H/t11-,12-;/m1./s1. The van der Waals surface area contributed by atoms with Crippen molar-refractivity contribution >= 4 is 18.3 Å². The quantitative estimate of drug-likeness (QED) is 0.899. The molecule has 2 atom stereocenters. The number of likely N-dealkylation sites (tertiary alicyclic amines) is 1. The van der Waals surface area contributed by atoms with Crippen LogP contribution < -0.4 is 5.32 Å². The van der Waals surface area contributed by atoms with Gasteiger partial charge in [0.1, 0.15) is 5.69 Å². The van der Waals surface area contributed by atoms with E-state index in [0.717, 1.165) is 13.0 Å². The number of nitrogens with zero attached hydrogens (tertiary/aromatic N) is 4. The van der Waals surface area contributed by atoms with Crippen LogP contribution in [0, 0.1) is 0 Å². The zero-order chi connectivity index (χ0) is 14.9. The molecule has 2 fully saturated rings. The van der Waals surface area contributed by atoms with Crippen molar-refractivity contribution < 1.29 is 9.32 Å². The first-order valence-electron chi connectivity index (χ1n) is 7.58. The molecular weight excluding hydrogens is 318 g/mol. The van der Waals surface area contributed by atoms with Gasteiger partial charge in [-0.3, -0.25) is 9.78 Å². The monoisotopic (exact) mass is 335 g/mol. The normalized spacial score (nSPS) is 23.0. The van der Waals surface area contributed by atoms with Crippen LogP contribution in [0.25, 0.3) is 11.5 Å². The van der Waals surface area contributed by atoms with Crippen LogP contribution in [-0.4, -0.2) is 51.1 Å². The molecule has 23 heavy (non-hydrogen) atoms. The van der Waals surface area contributed by atoms with Crippen LogP contribution in [0.3, 0.4) is 0 Å². The van der Waals surface area contributed by atoms with Crippen molar-refractivity contribution in [2.75, 3.05) is 13.1 Å². The van der Waals surface area contributed by atoms with Gasteiger partial charge in [0.2, 0.25) is 17.6 Å². The van der Waals surface area contributed by atoms with Gasteiger partial charge >= 0.3 is 0 Å². The Balaban J connectivity index is 0.00000156. The van der Waals surface area contributed by atoms with E-state index in [2.05, 4.69) is 20.4 Å². The fourth-order valence-corrected chi connectivity index (χ4v) is 3.29. The molecular formula is C15H18ClN5O2. The van der Waals surface area contributed by atoms with Gasteiger partial charge in [0.05, 0.1) is 0 Å². The number of amides is 1. The summed E-state index contributed by atoms with van der Waals surface area (Å²) in [5, 5.41) is 7.33. The van der Waals surface area contributed by atoms with E-state index in [1.165, 1.54) is 0 Å². The van der Waals surface area contributed by atoms with E-state index in [9.17, 15) is 4.79 Å². The van der Waals surface area contributed by atoms with Gasteiger partial charge < -0.3 is 14.7 Å². The highest BCUT2D eigenvalue weighted by Crippen LogP contribution is 2.26. The lowest BCUT2D eigenvalue weighted by Crippen LogP contribution is -2.37. The summed E-state index contributed by atoms with van der Waals surface area (Å²) in [6.45, 7) is 1.62. The van der Waals surface area contributed by atoms with Crippen molar-refractivity contribution in [2.24, 2.45) is 0 Å². The molecule has 2 saturated heterocycles. The van der Waals surface area contributed by atoms with E-state index < -0.39 is 0 Å². The van der Waals surface area contributed by atoms with Gasteiger partial charge in [-0.05, 0) is 25.1 Å². The van der Waals surface area contributed by atoms with Crippen molar-refractivity contribution in [1.82, 2.24) is 25.3 Å². The lowest BCUT2D eigenvalue weighted by Gasteiger charge is -2.22. The van der Waals surface area contributed by atoms with E-state index in [1.807, 2.05) is 23.1 Å². The highest BCUT2D eigenvalue weighted by atomic mass is 35.5. The number of hydrogen-bond donors (Lipinski definition) is 1. The summed E-state index contributed by atoms with van der Waals surface area (Å²) in [7, 11) is 0. The molecule has 8 heteroatoms. The van der Waals surface area contributed by atoms with Crippen molar-refractivity contribution in [2.45, 2.75) is 31.3 Å². The lowest BCUT2D eigenvalue weighted by molar-refractivity contribution is -0.129. The molecule has 0 spiro atoms. The lowest BCUT2D eigenvalue weighted by atomic mass is 10.1. The molecule has 7 nitrogen and oxygen atoms in total. The molecule has 0 aliphatic carbocycles. The molecule has 4 heterocycles. The van der Waals surface area contributed by atoms with Crippen LogP contribution in [0.15, 0.2) is 28.9 Å². The van der Waals surface area contributed by atoms with E-state index in [1.54, 1.807) is 6.20 Å². The second kappa shape index (κ2) is 6.64. The maximum atomic E-state index is 12.0. The third-order valence-corrected chi connectivity index (χ3v) is 4.35. The predicted octanol–water partition coefficient (Wildman–Crippen LogP) is 1.06. The number of pyridine rings is 1. The topological polar surface area (TPSA) is 84.2 Å². The third kappa shape index (κ3) is 3.07. The average molecular weight is 336 g/mol. The minimum absolute atomic E-state index is 0. The Bertz CT molecular complexity index is 678. The zero-order valence-corrected chi connectivity index (χ0v) is 13.3. The molecule has 2 aromatic heterocycles. The van der Waals surface area contributed by atoms with Gasteiger partial charge in [-0.25, -0.2) is 0 Å². The minimum Gasteiger partial charge on any atom is -0.339 e. The van der Waals surface area contributed by atoms with Crippen LogP contribution in [0.2, 0.25) is 0 Å². The van der Waals surface area contributed by atoms with Gasteiger partial charge in [-0.1, -0.05) is 11.2 Å². The first-order chi connectivity index (χ1) is 10.8. The number of hydrogen-bond acceptors (Lipinski definition) is 6. The molecule has 1 N–H and O–H groups in total. The minimum atomic E-state index is 0. The molecule has 0 aromatic carbocycles. The maximum Gasteiger partial charge on any atom is 0.228 e. The summed E-state index contributed by atoms with van der Waals surface area (Å²) in [4.78, 5) is 22.6. The third-order valence-electron chi connectivity index (χ3n) is 4.35. The fraction of sp³-hybridized carbons (Fsp3) is 0.467. The first-order valence-corrected chi connectivity index (χ1v) is 7.58. The first kappa shape index (κ1) is 15.9. The van der Waals surface area contributed by atoms with Crippen LogP contribution in [0.5, 0.6) is 0 Å². The van der Waals surface area contributed by atoms with Crippen LogP contribution in [-0.2, 0) is 11.2 Å².